The first kappa shape index (κ1) is 21.1. The van der Waals surface area contributed by atoms with Crippen molar-refractivity contribution in [3.63, 3.8) is 0 Å². The fourth-order valence-electron chi connectivity index (χ4n) is 4.18. The molecule has 5 heteroatoms. The zero-order chi connectivity index (χ0) is 21.6. The van der Waals surface area contributed by atoms with E-state index in [0.717, 1.165) is 43.9 Å². The molecule has 0 atom stereocenters. The van der Waals surface area contributed by atoms with Crippen LogP contribution in [-0.4, -0.2) is 37.0 Å². The quantitative estimate of drug-likeness (QED) is 0.555. The van der Waals surface area contributed by atoms with Crippen LogP contribution in [0.4, 0.5) is 10.1 Å². The number of carbonyl (C=O) groups is 1. The molecule has 4 nitrogen and oxygen atoms in total. The van der Waals surface area contributed by atoms with Crippen LogP contribution in [0, 0.1) is 5.82 Å². The van der Waals surface area contributed by atoms with E-state index in [1.165, 1.54) is 17.7 Å². The monoisotopic (exact) mass is 418 g/mol. The first-order chi connectivity index (χ1) is 15.1. The Labute approximate surface area is 182 Å². The zero-order valence-corrected chi connectivity index (χ0v) is 17.7. The number of rotatable bonds is 6. The Morgan fingerprint density at radius 2 is 1.71 bits per heavy atom. The molecule has 0 radical (unpaired) electrons. The number of nitrogens with zero attached hydrogens (tertiary/aromatic N) is 2. The van der Waals surface area contributed by atoms with Gasteiger partial charge in [0.1, 0.15) is 11.6 Å². The summed E-state index contributed by atoms with van der Waals surface area (Å²) in [7, 11) is 1.68. The number of amides is 1. The van der Waals surface area contributed by atoms with Gasteiger partial charge in [-0.3, -0.25) is 9.69 Å². The van der Waals surface area contributed by atoms with E-state index in [9.17, 15) is 9.18 Å². The third-order valence-electron chi connectivity index (χ3n) is 5.81. The highest BCUT2D eigenvalue weighted by atomic mass is 19.1. The number of hydrogen-bond acceptors (Lipinski definition) is 3. The molecule has 3 aromatic rings. The smallest absolute Gasteiger partial charge is 0.258 e. The summed E-state index contributed by atoms with van der Waals surface area (Å²) in [5, 5.41) is 0. The maximum absolute atomic E-state index is 13.4. The van der Waals surface area contributed by atoms with Crippen molar-refractivity contribution in [2.45, 2.75) is 25.4 Å². The molecular weight excluding hydrogens is 391 g/mol. The minimum Gasteiger partial charge on any atom is -0.497 e. The van der Waals surface area contributed by atoms with Gasteiger partial charge in [0.2, 0.25) is 0 Å². The van der Waals surface area contributed by atoms with Crippen LogP contribution in [-0.2, 0) is 6.54 Å². The number of para-hydroxylation sites is 1. The Balaban J connectivity index is 1.48. The molecular formula is C26H27FN2O2. The molecule has 1 amide bonds. The molecule has 0 aliphatic carbocycles. The molecule has 0 saturated carbocycles. The van der Waals surface area contributed by atoms with Gasteiger partial charge in [-0.2, -0.15) is 0 Å². The summed E-state index contributed by atoms with van der Waals surface area (Å²) in [6.45, 7) is 2.67. The van der Waals surface area contributed by atoms with Gasteiger partial charge in [-0.05, 0) is 66.9 Å². The molecule has 1 aliphatic rings. The highest BCUT2D eigenvalue weighted by Gasteiger charge is 2.30. The second kappa shape index (κ2) is 9.75. The van der Waals surface area contributed by atoms with Gasteiger partial charge in [0.15, 0.2) is 0 Å². The van der Waals surface area contributed by atoms with E-state index < -0.39 is 0 Å². The number of ether oxygens (including phenoxy) is 1. The number of hydrogen-bond donors (Lipinski definition) is 0. The summed E-state index contributed by atoms with van der Waals surface area (Å²) in [5.41, 5.74) is 2.60. The highest BCUT2D eigenvalue weighted by molar-refractivity contribution is 6.06. The number of anilines is 1. The summed E-state index contributed by atoms with van der Waals surface area (Å²) in [5.74, 6) is 0.443. The van der Waals surface area contributed by atoms with Gasteiger partial charge in [-0.15, -0.1) is 0 Å². The minimum absolute atomic E-state index is 0.0857. The molecule has 1 aliphatic heterocycles. The summed E-state index contributed by atoms with van der Waals surface area (Å²) in [6, 6.07) is 23.8. The third kappa shape index (κ3) is 5.12. The molecule has 1 heterocycles. The van der Waals surface area contributed by atoms with Gasteiger partial charge < -0.3 is 9.64 Å². The number of benzene rings is 3. The van der Waals surface area contributed by atoms with Crippen molar-refractivity contribution in [2.24, 2.45) is 0 Å². The number of halogens is 1. The van der Waals surface area contributed by atoms with Crippen LogP contribution in [0.1, 0.15) is 28.8 Å². The van der Waals surface area contributed by atoms with Gasteiger partial charge in [0.05, 0.1) is 7.11 Å². The van der Waals surface area contributed by atoms with E-state index in [0.29, 0.717) is 5.56 Å². The van der Waals surface area contributed by atoms with Gasteiger partial charge in [-0.25, -0.2) is 4.39 Å². The Bertz CT molecular complexity index is 999. The summed E-state index contributed by atoms with van der Waals surface area (Å²) in [6.07, 6.45) is 1.76. The van der Waals surface area contributed by atoms with Crippen molar-refractivity contribution < 1.29 is 13.9 Å². The van der Waals surface area contributed by atoms with E-state index >= 15 is 0 Å². The van der Waals surface area contributed by atoms with Crippen molar-refractivity contribution in [1.82, 2.24) is 4.90 Å². The SMILES string of the molecule is COc1cccc(CN2CCC(N(C(=O)c3ccc(F)cc3)c3ccccc3)CC2)c1. The van der Waals surface area contributed by atoms with Crippen LogP contribution < -0.4 is 9.64 Å². The average Bonchev–Trinajstić information content (AvgIpc) is 2.81. The maximum Gasteiger partial charge on any atom is 0.258 e. The molecule has 160 valence electrons. The molecule has 1 saturated heterocycles. The van der Waals surface area contributed by atoms with Crippen LogP contribution in [0.25, 0.3) is 0 Å². The third-order valence-corrected chi connectivity index (χ3v) is 5.81. The van der Waals surface area contributed by atoms with Crippen molar-refractivity contribution in [2.75, 3.05) is 25.1 Å². The predicted molar refractivity (Wildman–Crippen MR) is 121 cm³/mol. The van der Waals surface area contributed by atoms with Crippen LogP contribution in [0.5, 0.6) is 5.75 Å². The second-order valence-electron chi connectivity index (χ2n) is 7.88. The average molecular weight is 419 g/mol. The van der Waals surface area contributed by atoms with E-state index in [2.05, 4.69) is 17.0 Å². The molecule has 0 unspecified atom stereocenters. The first-order valence-electron chi connectivity index (χ1n) is 10.6. The topological polar surface area (TPSA) is 32.8 Å². The van der Waals surface area contributed by atoms with Gasteiger partial charge >= 0.3 is 0 Å². The van der Waals surface area contributed by atoms with E-state index in [4.69, 9.17) is 4.74 Å². The van der Waals surface area contributed by atoms with Gasteiger partial charge in [0.25, 0.3) is 5.91 Å². The number of likely N-dealkylation sites (tertiary alicyclic amines) is 1. The zero-order valence-electron chi connectivity index (χ0n) is 17.7. The Hall–Kier alpha value is -3.18. The van der Waals surface area contributed by atoms with Crippen LogP contribution in [0.2, 0.25) is 0 Å². The minimum atomic E-state index is -0.339. The number of methoxy groups -OCH3 is 1. The summed E-state index contributed by atoms with van der Waals surface area (Å²) < 4.78 is 18.7. The largest absolute Gasteiger partial charge is 0.497 e. The highest BCUT2D eigenvalue weighted by Crippen LogP contribution is 2.27. The maximum atomic E-state index is 13.4. The molecule has 1 fully saturated rings. The van der Waals surface area contributed by atoms with E-state index in [1.54, 1.807) is 19.2 Å². The fraction of sp³-hybridized carbons (Fsp3) is 0.269. The number of carbonyl (C=O) groups excluding carboxylic acids is 1. The molecule has 3 aromatic carbocycles. The Morgan fingerprint density at radius 3 is 2.39 bits per heavy atom. The summed E-state index contributed by atoms with van der Waals surface area (Å²) in [4.78, 5) is 17.7. The predicted octanol–water partition coefficient (Wildman–Crippen LogP) is 5.15. The Kier molecular flexibility index (Phi) is 6.63. The van der Waals surface area contributed by atoms with Crippen molar-refractivity contribution in [1.29, 1.82) is 0 Å². The normalized spacial score (nSPS) is 14.9. The van der Waals surface area contributed by atoms with E-state index in [-0.39, 0.29) is 17.8 Å². The van der Waals surface area contributed by atoms with Crippen LogP contribution in [0.3, 0.4) is 0 Å². The summed E-state index contributed by atoms with van der Waals surface area (Å²) >= 11 is 0. The molecule has 0 bridgehead atoms. The lowest BCUT2D eigenvalue weighted by Gasteiger charge is -2.38. The standard InChI is InChI=1S/C26H27FN2O2/c1-31-25-9-5-6-20(18-25)19-28-16-14-24(15-17-28)29(23-7-3-2-4-8-23)26(30)21-10-12-22(27)13-11-21/h2-13,18,24H,14-17,19H2,1H3. The fourth-order valence-corrected chi connectivity index (χ4v) is 4.18. The van der Waals surface area contributed by atoms with Crippen molar-refractivity contribution >= 4 is 11.6 Å². The lowest BCUT2D eigenvalue weighted by atomic mass is 10.00. The van der Waals surface area contributed by atoms with Gasteiger partial charge in [-0.1, -0.05) is 30.3 Å². The molecule has 31 heavy (non-hydrogen) atoms. The van der Waals surface area contributed by atoms with Crippen LogP contribution in [0.15, 0.2) is 78.9 Å². The van der Waals surface area contributed by atoms with E-state index in [1.807, 2.05) is 47.4 Å². The Morgan fingerprint density at radius 1 is 1.00 bits per heavy atom. The molecule has 0 aromatic heterocycles. The lowest BCUT2D eigenvalue weighted by Crippen LogP contribution is -2.47. The molecule has 4 rings (SSSR count). The molecule has 0 spiro atoms. The van der Waals surface area contributed by atoms with Crippen molar-refractivity contribution in [3.8, 4) is 5.75 Å². The van der Waals surface area contributed by atoms with Gasteiger partial charge in [0, 0.05) is 36.9 Å². The van der Waals surface area contributed by atoms with Crippen molar-refractivity contribution in [3.05, 3.63) is 95.8 Å². The molecule has 0 N–H and O–H groups in total. The van der Waals surface area contributed by atoms with Crippen LogP contribution >= 0.6 is 0 Å². The first-order valence-corrected chi connectivity index (χ1v) is 10.6. The second-order valence-corrected chi connectivity index (χ2v) is 7.88. The lowest BCUT2D eigenvalue weighted by molar-refractivity contribution is 0.0958. The number of piperidine rings is 1.